The van der Waals surface area contributed by atoms with Gasteiger partial charge < -0.3 is 10.2 Å². The second-order valence-electron chi connectivity index (χ2n) is 3.88. The fraction of sp³-hybridized carbons (Fsp3) is 0.417. The van der Waals surface area contributed by atoms with Crippen molar-refractivity contribution >= 4 is 17.7 Å². The number of carbonyl (C=O) groups excluding carboxylic acids is 1. The van der Waals surface area contributed by atoms with Gasteiger partial charge in [0.05, 0.1) is 5.75 Å². The lowest BCUT2D eigenvalue weighted by molar-refractivity contribution is -0.128. The van der Waals surface area contributed by atoms with Crippen LogP contribution in [-0.2, 0) is 4.79 Å². The molecule has 1 amide bonds. The van der Waals surface area contributed by atoms with E-state index in [0.29, 0.717) is 17.9 Å². The molecule has 1 aliphatic rings. The lowest BCUT2D eigenvalue weighted by Gasteiger charge is -2.24. The lowest BCUT2D eigenvalue weighted by atomic mass is 10.2. The molecule has 92 valence electrons. The first-order valence-corrected chi connectivity index (χ1v) is 6.59. The summed E-state index contributed by atoms with van der Waals surface area (Å²) >= 11 is 1.48. The van der Waals surface area contributed by atoms with Crippen LogP contribution in [0.2, 0.25) is 0 Å². The fourth-order valence-corrected chi connectivity index (χ4v) is 3.10. The third-order valence-electron chi connectivity index (χ3n) is 2.74. The highest BCUT2D eigenvalue weighted by Crippen LogP contribution is 2.39. The molecule has 2 rings (SSSR count). The average molecular weight is 254 g/mol. The molecular weight excluding hydrogens is 239 g/mol. The van der Waals surface area contributed by atoms with Gasteiger partial charge in [-0.15, -0.1) is 11.8 Å². The number of nitrogens with one attached hydrogen (secondary N) is 1. The fourth-order valence-electron chi connectivity index (χ4n) is 1.86. The van der Waals surface area contributed by atoms with Gasteiger partial charge in [-0.3, -0.25) is 4.79 Å². The molecule has 0 radical (unpaired) electrons. The zero-order valence-corrected chi connectivity index (χ0v) is 10.5. The summed E-state index contributed by atoms with van der Waals surface area (Å²) in [5, 5.41) is 2.82. The second kappa shape index (κ2) is 5.51. The van der Waals surface area contributed by atoms with Crippen LogP contribution in [0.15, 0.2) is 24.3 Å². The first-order valence-electron chi connectivity index (χ1n) is 5.54. The van der Waals surface area contributed by atoms with Gasteiger partial charge in [0, 0.05) is 18.7 Å². The summed E-state index contributed by atoms with van der Waals surface area (Å²) in [5.41, 5.74) is 0.597. The van der Waals surface area contributed by atoms with Crippen LogP contribution in [0.5, 0.6) is 0 Å². The third-order valence-corrected chi connectivity index (χ3v) is 3.98. The van der Waals surface area contributed by atoms with Gasteiger partial charge in [0.15, 0.2) is 0 Å². The van der Waals surface area contributed by atoms with Gasteiger partial charge in [0.1, 0.15) is 11.2 Å². The quantitative estimate of drug-likeness (QED) is 0.886. The standard InChI is InChI=1S/C12H15FN2OS/c1-14-6-7-15-11(16)8-17-12(15)9-4-2-3-5-10(9)13/h2-5,12,14H,6-8H2,1H3. The van der Waals surface area contributed by atoms with Crippen molar-refractivity contribution in [2.75, 3.05) is 25.9 Å². The molecule has 1 N–H and O–H groups in total. The van der Waals surface area contributed by atoms with E-state index in [1.165, 1.54) is 17.8 Å². The van der Waals surface area contributed by atoms with E-state index >= 15 is 0 Å². The number of likely N-dealkylation sites (N-methyl/N-ethyl adjacent to an activating group) is 1. The topological polar surface area (TPSA) is 32.3 Å². The van der Waals surface area contributed by atoms with Gasteiger partial charge in [-0.2, -0.15) is 0 Å². The molecule has 1 aliphatic heterocycles. The van der Waals surface area contributed by atoms with Gasteiger partial charge in [0.25, 0.3) is 0 Å². The molecule has 1 aromatic rings. The van der Waals surface area contributed by atoms with Crippen LogP contribution in [0.25, 0.3) is 0 Å². The molecule has 0 spiro atoms. The summed E-state index contributed by atoms with van der Waals surface area (Å²) in [6, 6.07) is 6.66. The summed E-state index contributed by atoms with van der Waals surface area (Å²) in [6.07, 6.45) is 0. The van der Waals surface area contributed by atoms with Crippen molar-refractivity contribution < 1.29 is 9.18 Å². The SMILES string of the molecule is CNCCN1C(=O)CSC1c1ccccc1F. The van der Waals surface area contributed by atoms with Crippen LogP contribution in [0.3, 0.4) is 0 Å². The average Bonchev–Trinajstić information content (AvgIpc) is 2.69. The van der Waals surface area contributed by atoms with Gasteiger partial charge >= 0.3 is 0 Å². The van der Waals surface area contributed by atoms with E-state index in [-0.39, 0.29) is 17.1 Å². The minimum Gasteiger partial charge on any atom is -0.324 e. The van der Waals surface area contributed by atoms with Crippen LogP contribution >= 0.6 is 11.8 Å². The molecular formula is C12H15FN2OS. The van der Waals surface area contributed by atoms with Crippen LogP contribution in [0, 0.1) is 5.82 Å². The molecule has 3 nitrogen and oxygen atoms in total. The highest BCUT2D eigenvalue weighted by atomic mass is 32.2. The normalized spacial score (nSPS) is 20.0. The van der Waals surface area contributed by atoms with E-state index in [0.717, 1.165) is 6.54 Å². The van der Waals surface area contributed by atoms with Gasteiger partial charge in [0.2, 0.25) is 5.91 Å². The molecule has 1 aromatic carbocycles. The van der Waals surface area contributed by atoms with Gasteiger partial charge in [-0.05, 0) is 13.1 Å². The maximum atomic E-state index is 13.7. The van der Waals surface area contributed by atoms with Crippen molar-refractivity contribution in [3.63, 3.8) is 0 Å². The maximum absolute atomic E-state index is 13.7. The number of carbonyl (C=O) groups is 1. The molecule has 1 heterocycles. The first-order chi connectivity index (χ1) is 8.24. The molecule has 1 unspecified atom stereocenters. The lowest BCUT2D eigenvalue weighted by Crippen LogP contribution is -2.34. The van der Waals surface area contributed by atoms with E-state index in [9.17, 15) is 9.18 Å². The summed E-state index contributed by atoms with van der Waals surface area (Å²) in [4.78, 5) is 13.5. The van der Waals surface area contributed by atoms with Crippen LogP contribution in [0.4, 0.5) is 4.39 Å². The molecule has 1 fully saturated rings. The van der Waals surface area contributed by atoms with E-state index < -0.39 is 0 Å². The Morgan fingerprint density at radius 3 is 3.00 bits per heavy atom. The number of hydrogen-bond donors (Lipinski definition) is 1. The zero-order chi connectivity index (χ0) is 12.3. The molecule has 5 heteroatoms. The summed E-state index contributed by atoms with van der Waals surface area (Å²) in [5.74, 6) is 0.274. The summed E-state index contributed by atoms with van der Waals surface area (Å²) < 4.78 is 13.7. The maximum Gasteiger partial charge on any atom is 0.233 e. The van der Waals surface area contributed by atoms with Gasteiger partial charge in [-0.1, -0.05) is 18.2 Å². The summed E-state index contributed by atoms with van der Waals surface area (Å²) in [6.45, 7) is 1.33. The van der Waals surface area contributed by atoms with E-state index in [4.69, 9.17) is 0 Å². The highest BCUT2D eigenvalue weighted by Gasteiger charge is 2.33. The highest BCUT2D eigenvalue weighted by molar-refractivity contribution is 8.00. The van der Waals surface area contributed by atoms with Crippen molar-refractivity contribution in [3.05, 3.63) is 35.6 Å². The Balaban J connectivity index is 2.19. The predicted molar refractivity (Wildman–Crippen MR) is 67.2 cm³/mol. The molecule has 0 aliphatic carbocycles. The molecule has 17 heavy (non-hydrogen) atoms. The summed E-state index contributed by atoms with van der Waals surface area (Å²) in [7, 11) is 1.84. The third kappa shape index (κ3) is 2.61. The predicted octanol–water partition coefficient (Wildman–Crippen LogP) is 1.62. The first kappa shape index (κ1) is 12.4. The zero-order valence-electron chi connectivity index (χ0n) is 9.65. The number of hydrogen-bond acceptors (Lipinski definition) is 3. The number of thioether (sulfide) groups is 1. The number of benzene rings is 1. The monoisotopic (exact) mass is 254 g/mol. The number of amides is 1. The van der Waals surface area contributed by atoms with Crippen molar-refractivity contribution in [3.8, 4) is 0 Å². The Bertz CT molecular complexity index is 413. The number of halogens is 1. The van der Waals surface area contributed by atoms with Crippen LogP contribution < -0.4 is 5.32 Å². The molecule has 0 saturated carbocycles. The second-order valence-corrected chi connectivity index (χ2v) is 4.94. The Labute approximate surface area is 104 Å². The Hall–Kier alpha value is -1.07. The molecule has 1 saturated heterocycles. The van der Waals surface area contributed by atoms with Crippen molar-refractivity contribution in [1.29, 1.82) is 0 Å². The van der Waals surface area contributed by atoms with E-state index in [1.807, 2.05) is 7.05 Å². The molecule has 1 atom stereocenters. The van der Waals surface area contributed by atoms with Crippen LogP contribution in [-0.4, -0.2) is 36.7 Å². The molecule has 0 bridgehead atoms. The van der Waals surface area contributed by atoms with E-state index in [1.54, 1.807) is 23.1 Å². The Morgan fingerprint density at radius 1 is 1.53 bits per heavy atom. The van der Waals surface area contributed by atoms with Crippen molar-refractivity contribution in [2.24, 2.45) is 0 Å². The minimum absolute atomic E-state index is 0.0819. The van der Waals surface area contributed by atoms with E-state index in [2.05, 4.69) is 5.32 Å². The van der Waals surface area contributed by atoms with Crippen molar-refractivity contribution in [1.82, 2.24) is 10.2 Å². The Kier molecular flexibility index (Phi) is 4.02. The number of nitrogens with zero attached hydrogens (tertiary/aromatic N) is 1. The van der Waals surface area contributed by atoms with Crippen LogP contribution in [0.1, 0.15) is 10.9 Å². The smallest absolute Gasteiger partial charge is 0.233 e. The van der Waals surface area contributed by atoms with Crippen molar-refractivity contribution in [2.45, 2.75) is 5.37 Å². The number of rotatable bonds is 4. The van der Waals surface area contributed by atoms with Gasteiger partial charge in [-0.25, -0.2) is 4.39 Å². The largest absolute Gasteiger partial charge is 0.324 e. The minimum atomic E-state index is -0.242. The Morgan fingerprint density at radius 2 is 2.29 bits per heavy atom. The molecule has 0 aromatic heterocycles.